The maximum Gasteiger partial charge on any atom is 0.0276 e. The molecule has 0 saturated heterocycles. The number of hydrogen-bond donors (Lipinski definition) is 1. The molecule has 1 N–H and O–H groups in total. The molecule has 0 bridgehead atoms. The molecule has 0 radical (unpaired) electrons. The summed E-state index contributed by atoms with van der Waals surface area (Å²) in [6.45, 7) is 0. The summed E-state index contributed by atoms with van der Waals surface area (Å²) >= 11 is 3.50. The lowest BCUT2D eigenvalue weighted by atomic mass is 9.86. The first kappa shape index (κ1) is 9.86. The molecule has 2 saturated carbocycles. The van der Waals surface area contributed by atoms with Crippen molar-refractivity contribution in [3.05, 3.63) is 34.3 Å². The Labute approximate surface area is 99.4 Å². The second kappa shape index (κ2) is 3.08. The fraction of sp³-hybridized carbons (Fsp3) is 0.538. The number of halogens is 1. The van der Waals surface area contributed by atoms with E-state index < -0.39 is 0 Å². The third-order valence-corrected chi connectivity index (χ3v) is 4.82. The minimum absolute atomic E-state index is 0.431. The average Bonchev–Trinajstić information content (AvgIpc) is 3.13. The standard InChI is InChI=1S/C13H16BrN/c1-15-13(8-9-13)12(6-7-12)10-2-4-11(14)5-3-10/h2-5,15H,6-9H2,1H3. The summed E-state index contributed by atoms with van der Waals surface area (Å²) in [5.41, 5.74) is 2.42. The summed E-state index contributed by atoms with van der Waals surface area (Å²) in [5.74, 6) is 0. The van der Waals surface area contributed by atoms with Gasteiger partial charge in [-0.25, -0.2) is 0 Å². The molecule has 3 rings (SSSR count). The van der Waals surface area contributed by atoms with E-state index in [9.17, 15) is 0 Å². The third kappa shape index (κ3) is 1.31. The summed E-state index contributed by atoms with van der Waals surface area (Å²) in [4.78, 5) is 0. The van der Waals surface area contributed by atoms with Crippen LogP contribution in [0.4, 0.5) is 0 Å². The van der Waals surface area contributed by atoms with Gasteiger partial charge in [-0.1, -0.05) is 28.1 Å². The minimum Gasteiger partial charge on any atom is -0.313 e. The van der Waals surface area contributed by atoms with Crippen LogP contribution < -0.4 is 5.32 Å². The van der Waals surface area contributed by atoms with Crippen LogP contribution in [0.5, 0.6) is 0 Å². The van der Waals surface area contributed by atoms with Gasteiger partial charge in [0.1, 0.15) is 0 Å². The molecule has 0 unspecified atom stereocenters. The molecule has 0 spiro atoms. The van der Waals surface area contributed by atoms with Gasteiger partial charge in [-0.2, -0.15) is 0 Å². The predicted octanol–water partition coefficient (Wildman–Crippen LogP) is 3.23. The maximum atomic E-state index is 3.56. The Bertz CT molecular complexity index is 374. The summed E-state index contributed by atoms with van der Waals surface area (Å²) in [6, 6.07) is 8.91. The van der Waals surface area contributed by atoms with Crippen LogP contribution in [-0.4, -0.2) is 12.6 Å². The highest BCUT2D eigenvalue weighted by molar-refractivity contribution is 9.10. The predicted molar refractivity (Wildman–Crippen MR) is 66.1 cm³/mol. The van der Waals surface area contributed by atoms with Gasteiger partial charge in [0, 0.05) is 15.4 Å². The molecule has 0 atom stereocenters. The number of likely N-dealkylation sites (N-methyl/N-ethyl adjacent to an activating group) is 1. The highest BCUT2D eigenvalue weighted by Crippen LogP contribution is 2.64. The molecule has 0 aliphatic heterocycles. The Kier molecular flexibility index (Phi) is 2.02. The van der Waals surface area contributed by atoms with Crippen LogP contribution in [0.3, 0.4) is 0 Å². The van der Waals surface area contributed by atoms with Crippen molar-refractivity contribution in [2.24, 2.45) is 0 Å². The molecule has 80 valence electrons. The van der Waals surface area contributed by atoms with Crippen LogP contribution in [0.25, 0.3) is 0 Å². The van der Waals surface area contributed by atoms with Gasteiger partial charge in [0.25, 0.3) is 0 Å². The van der Waals surface area contributed by atoms with Crippen molar-refractivity contribution in [2.75, 3.05) is 7.05 Å². The quantitative estimate of drug-likeness (QED) is 0.885. The SMILES string of the molecule is CNC1(C2(c3ccc(Br)cc3)CC2)CC1. The summed E-state index contributed by atoms with van der Waals surface area (Å²) in [7, 11) is 2.12. The molecule has 2 aliphatic rings. The van der Waals surface area contributed by atoms with E-state index in [4.69, 9.17) is 0 Å². The first-order valence-corrected chi connectivity index (χ1v) is 6.47. The van der Waals surface area contributed by atoms with Crippen molar-refractivity contribution in [2.45, 2.75) is 36.6 Å². The molecular weight excluding hydrogens is 250 g/mol. The van der Waals surface area contributed by atoms with Crippen LogP contribution in [0.1, 0.15) is 31.2 Å². The molecule has 15 heavy (non-hydrogen) atoms. The Balaban J connectivity index is 1.97. The van der Waals surface area contributed by atoms with Crippen molar-refractivity contribution in [1.82, 2.24) is 5.32 Å². The van der Waals surface area contributed by atoms with Gasteiger partial charge in [0.2, 0.25) is 0 Å². The first-order chi connectivity index (χ1) is 7.22. The minimum atomic E-state index is 0.431. The molecule has 1 aromatic rings. The van der Waals surface area contributed by atoms with Crippen molar-refractivity contribution >= 4 is 15.9 Å². The van der Waals surface area contributed by atoms with E-state index in [2.05, 4.69) is 52.6 Å². The van der Waals surface area contributed by atoms with E-state index >= 15 is 0 Å². The zero-order chi connectivity index (χ0) is 10.5. The van der Waals surface area contributed by atoms with E-state index in [0.717, 1.165) is 0 Å². The van der Waals surface area contributed by atoms with Crippen LogP contribution in [0.2, 0.25) is 0 Å². The molecule has 2 aliphatic carbocycles. The topological polar surface area (TPSA) is 12.0 Å². The number of nitrogens with one attached hydrogen (secondary N) is 1. The van der Waals surface area contributed by atoms with Crippen LogP contribution in [0.15, 0.2) is 28.7 Å². The number of benzene rings is 1. The molecule has 0 amide bonds. The van der Waals surface area contributed by atoms with Gasteiger partial charge < -0.3 is 5.32 Å². The molecule has 1 aromatic carbocycles. The number of rotatable bonds is 3. The van der Waals surface area contributed by atoms with Crippen LogP contribution >= 0.6 is 15.9 Å². The zero-order valence-corrected chi connectivity index (χ0v) is 10.6. The second-order valence-corrected chi connectivity index (χ2v) is 5.84. The molecule has 0 aromatic heterocycles. The molecule has 2 heteroatoms. The van der Waals surface area contributed by atoms with Crippen molar-refractivity contribution in [3.63, 3.8) is 0 Å². The van der Waals surface area contributed by atoms with E-state index in [1.165, 1.54) is 35.7 Å². The van der Waals surface area contributed by atoms with Crippen molar-refractivity contribution in [1.29, 1.82) is 0 Å². The fourth-order valence-corrected chi connectivity index (χ4v) is 3.29. The molecule has 2 fully saturated rings. The largest absolute Gasteiger partial charge is 0.313 e. The first-order valence-electron chi connectivity index (χ1n) is 5.67. The monoisotopic (exact) mass is 265 g/mol. The van der Waals surface area contributed by atoms with Crippen molar-refractivity contribution in [3.8, 4) is 0 Å². The highest BCUT2D eigenvalue weighted by atomic mass is 79.9. The smallest absolute Gasteiger partial charge is 0.0276 e. The average molecular weight is 266 g/mol. The third-order valence-electron chi connectivity index (χ3n) is 4.29. The Morgan fingerprint density at radius 3 is 2.07 bits per heavy atom. The van der Waals surface area contributed by atoms with E-state index in [0.29, 0.717) is 11.0 Å². The van der Waals surface area contributed by atoms with Gasteiger partial charge in [-0.3, -0.25) is 0 Å². The van der Waals surface area contributed by atoms with E-state index in [-0.39, 0.29) is 0 Å². The van der Waals surface area contributed by atoms with Gasteiger partial charge in [-0.15, -0.1) is 0 Å². The zero-order valence-electron chi connectivity index (χ0n) is 9.02. The van der Waals surface area contributed by atoms with Gasteiger partial charge in [0.15, 0.2) is 0 Å². The van der Waals surface area contributed by atoms with Gasteiger partial charge in [0.05, 0.1) is 0 Å². The lowest BCUT2D eigenvalue weighted by Crippen LogP contribution is -2.40. The molecular formula is C13H16BrN. The van der Waals surface area contributed by atoms with Gasteiger partial charge >= 0.3 is 0 Å². The Morgan fingerprint density at radius 2 is 1.67 bits per heavy atom. The normalized spacial score (nSPS) is 24.9. The van der Waals surface area contributed by atoms with Crippen LogP contribution in [-0.2, 0) is 5.41 Å². The van der Waals surface area contributed by atoms with Crippen molar-refractivity contribution < 1.29 is 0 Å². The summed E-state index contributed by atoms with van der Waals surface area (Å²) < 4.78 is 1.18. The lowest BCUT2D eigenvalue weighted by Gasteiger charge is -2.27. The lowest BCUT2D eigenvalue weighted by molar-refractivity contribution is 0.426. The van der Waals surface area contributed by atoms with E-state index in [1.807, 2.05) is 0 Å². The van der Waals surface area contributed by atoms with Crippen LogP contribution in [0, 0.1) is 0 Å². The summed E-state index contributed by atoms with van der Waals surface area (Å²) in [5, 5.41) is 3.56. The van der Waals surface area contributed by atoms with Gasteiger partial charge in [-0.05, 0) is 50.4 Å². The Hall–Kier alpha value is -0.340. The Morgan fingerprint density at radius 1 is 1.07 bits per heavy atom. The molecule has 0 heterocycles. The fourth-order valence-electron chi connectivity index (χ4n) is 3.03. The van der Waals surface area contributed by atoms with E-state index in [1.54, 1.807) is 0 Å². The second-order valence-electron chi connectivity index (χ2n) is 4.92. The molecule has 1 nitrogen and oxygen atoms in total. The maximum absolute atomic E-state index is 3.56. The highest BCUT2D eigenvalue weighted by Gasteiger charge is 2.65. The number of hydrogen-bond acceptors (Lipinski definition) is 1. The summed E-state index contributed by atoms with van der Waals surface area (Å²) in [6.07, 6.45) is 5.41.